The molecule has 24 heavy (non-hydrogen) atoms. The number of carbonyl (C=O) groups excluding carboxylic acids is 2. The standard InChI is InChI=1S/C18H12Br2N2O2/c19-11-5-1-9(2-6-11)15-13-14(18(24)21-15)16(22-17(13)23)10-3-7-12(20)8-4-10/h1-8,13,15H,(H,21,24)(H,22,23). The number of amides is 2. The Bertz CT molecular complexity index is 873. The minimum Gasteiger partial charge on any atom is -0.344 e. The second-order valence-electron chi connectivity index (χ2n) is 5.77. The Hall–Kier alpha value is -1.92. The Kier molecular flexibility index (Phi) is 3.81. The van der Waals surface area contributed by atoms with E-state index in [2.05, 4.69) is 42.5 Å². The van der Waals surface area contributed by atoms with Crippen LogP contribution in [0.4, 0.5) is 0 Å². The van der Waals surface area contributed by atoms with Crippen molar-refractivity contribution in [3.05, 3.63) is 74.2 Å². The molecule has 2 aromatic carbocycles. The molecule has 4 nitrogen and oxygen atoms in total. The van der Waals surface area contributed by atoms with Gasteiger partial charge in [-0.05, 0) is 35.4 Å². The number of benzene rings is 2. The second-order valence-corrected chi connectivity index (χ2v) is 7.60. The second kappa shape index (κ2) is 5.86. The van der Waals surface area contributed by atoms with Crippen LogP contribution in [0.15, 0.2) is 63.0 Å². The molecule has 2 amide bonds. The van der Waals surface area contributed by atoms with Gasteiger partial charge < -0.3 is 10.6 Å². The highest BCUT2D eigenvalue weighted by Gasteiger charge is 2.48. The molecule has 2 aliphatic heterocycles. The van der Waals surface area contributed by atoms with Gasteiger partial charge in [0.1, 0.15) is 0 Å². The molecule has 2 unspecified atom stereocenters. The van der Waals surface area contributed by atoms with Crippen molar-refractivity contribution in [2.45, 2.75) is 6.04 Å². The van der Waals surface area contributed by atoms with E-state index in [1.807, 2.05) is 48.5 Å². The van der Waals surface area contributed by atoms with E-state index in [9.17, 15) is 9.59 Å². The number of hydrogen-bond donors (Lipinski definition) is 2. The first kappa shape index (κ1) is 15.6. The average molecular weight is 448 g/mol. The number of carbonyl (C=O) groups is 2. The summed E-state index contributed by atoms with van der Waals surface area (Å²) in [5.74, 6) is -0.837. The maximum Gasteiger partial charge on any atom is 0.250 e. The van der Waals surface area contributed by atoms with Crippen molar-refractivity contribution >= 4 is 49.4 Å². The number of hydrogen-bond acceptors (Lipinski definition) is 2. The third-order valence-corrected chi connectivity index (χ3v) is 5.39. The SMILES string of the molecule is O=C1NC(c2ccc(Br)cc2)C2C(=O)NC(c3ccc(Br)cc3)=C12. The summed E-state index contributed by atoms with van der Waals surface area (Å²) in [6.07, 6.45) is 0. The van der Waals surface area contributed by atoms with Gasteiger partial charge >= 0.3 is 0 Å². The quantitative estimate of drug-likeness (QED) is 0.739. The summed E-state index contributed by atoms with van der Waals surface area (Å²) in [7, 11) is 0. The van der Waals surface area contributed by atoms with Crippen LogP contribution in [0.3, 0.4) is 0 Å². The van der Waals surface area contributed by atoms with Gasteiger partial charge in [0.25, 0.3) is 5.91 Å². The number of fused-ring (bicyclic) bond motifs is 1. The number of nitrogens with one attached hydrogen (secondary N) is 2. The van der Waals surface area contributed by atoms with Crippen molar-refractivity contribution in [2.24, 2.45) is 5.92 Å². The molecule has 120 valence electrons. The fourth-order valence-electron chi connectivity index (χ4n) is 3.22. The van der Waals surface area contributed by atoms with E-state index in [-0.39, 0.29) is 17.9 Å². The lowest BCUT2D eigenvalue weighted by Crippen LogP contribution is -2.29. The van der Waals surface area contributed by atoms with Crippen LogP contribution in [0, 0.1) is 5.92 Å². The maximum atomic E-state index is 12.5. The van der Waals surface area contributed by atoms with Crippen molar-refractivity contribution in [1.82, 2.24) is 10.6 Å². The van der Waals surface area contributed by atoms with Crippen LogP contribution in [-0.2, 0) is 9.59 Å². The van der Waals surface area contributed by atoms with Crippen LogP contribution in [0.25, 0.3) is 5.70 Å². The molecule has 2 N–H and O–H groups in total. The van der Waals surface area contributed by atoms with Crippen LogP contribution in [-0.4, -0.2) is 11.8 Å². The highest BCUT2D eigenvalue weighted by molar-refractivity contribution is 9.10. The molecule has 0 spiro atoms. The summed E-state index contributed by atoms with van der Waals surface area (Å²) in [5.41, 5.74) is 2.87. The third kappa shape index (κ3) is 2.50. The predicted molar refractivity (Wildman–Crippen MR) is 97.7 cm³/mol. The maximum absolute atomic E-state index is 12.5. The summed E-state index contributed by atoms with van der Waals surface area (Å²) >= 11 is 6.79. The van der Waals surface area contributed by atoms with Crippen molar-refractivity contribution < 1.29 is 9.59 Å². The molecule has 0 aliphatic carbocycles. The first-order valence-electron chi connectivity index (χ1n) is 7.42. The highest BCUT2D eigenvalue weighted by atomic mass is 79.9. The summed E-state index contributed by atoms with van der Waals surface area (Å²) in [5, 5.41) is 5.84. The smallest absolute Gasteiger partial charge is 0.250 e. The van der Waals surface area contributed by atoms with Gasteiger partial charge in [-0.25, -0.2) is 0 Å². The molecule has 1 saturated heterocycles. The Morgan fingerprint density at radius 1 is 0.833 bits per heavy atom. The van der Waals surface area contributed by atoms with E-state index in [1.165, 1.54) is 0 Å². The Morgan fingerprint density at radius 3 is 2.04 bits per heavy atom. The summed E-state index contributed by atoms with van der Waals surface area (Å²) in [4.78, 5) is 25.1. The van der Waals surface area contributed by atoms with E-state index in [0.717, 1.165) is 20.1 Å². The normalized spacial score (nSPS) is 22.4. The third-order valence-electron chi connectivity index (χ3n) is 4.34. The van der Waals surface area contributed by atoms with Gasteiger partial charge in [0.2, 0.25) is 5.91 Å². The molecule has 2 aromatic rings. The minimum absolute atomic E-state index is 0.144. The van der Waals surface area contributed by atoms with Gasteiger partial charge in [-0.1, -0.05) is 56.1 Å². The van der Waals surface area contributed by atoms with Crippen molar-refractivity contribution in [3.63, 3.8) is 0 Å². The molecule has 1 fully saturated rings. The van der Waals surface area contributed by atoms with Crippen molar-refractivity contribution in [2.75, 3.05) is 0 Å². The monoisotopic (exact) mass is 446 g/mol. The highest BCUT2D eigenvalue weighted by Crippen LogP contribution is 2.41. The minimum atomic E-state index is -0.502. The van der Waals surface area contributed by atoms with E-state index in [4.69, 9.17) is 0 Å². The van der Waals surface area contributed by atoms with E-state index >= 15 is 0 Å². The molecule has 2 heterocycles. The van der Waals surface area contributed by atoms with Gasteiger partial charge in [0.05, 0.1) is 23.2 Å². The number of halogens is 2. The fourth-order valence-corrected chi connectivity index (χ4v) is 3.75. The van der Waals surface area contributed by atoms with Gasteiger partial charge in [-0.15, -0.1) is 0 Å². The fraction of sp³-hybridized carbons (Fsp3) is 0.111. The molecule has 2 atom stereocenters. The first-order valence-corrected chi connectivity index (χ1v) is 9.00. The molecule has 0 radical (unpaired) electrons. The molecule has 0 bridgehead atoms. The van der Waals surface area contributed by atoms with E-state index in [0.29, 0.717) is 11.3 Å². The molecule has 2 aliphatic rings. The lowest BCUT2D eigenvalue weighted by Gasteiger charge is -2.15. The molecule has 0 aromatic heterocycles. The van der Waals surface area contributed by atoms with Crippen LogP contribution in [0.5, 0.6) is 0 Å². The zero-order chi connectivity index (χ0) is 16.8. The molecular weight excluding hydrogens is 436 g/mol. The summed E-state index contributed by atoms with van der Waals surface area (Å²) in [6.45, 7) is 0. The Labute approximate surface area is 155 Å². The summed E-state index contributed by atoms with van der Waals surface area (Å²) in [6, 6.07) is 14.9. The average Bonchev–Trinajstić information content (AvgIpc) is 3.08. The van der Waals surface area contributed by atoms with Crippen LogP contribution >= 0.6 is 31.9 Å². The predicted octanol–water partition coefficient (Wildman–Crippen LogP) is 3.54. The lowest BCUT2D eigenvalue weighted by molar-refractivity contribution is -0.122. The van der Waals surface area contributed by atoms with Crippen LogP contribution < -0.4 is 10.6 Å². The molecular formula is C18H12Br2N2O2. The molecule has 0 saturated carbocycles. The van der Waals surface area contributed by atoms with E-state index < -0.39 is 5.92 Å². The molecule has 6 heteroatoms. The Balaban J connectivity index is 1.78. The largest absolute Gasteiger partial charge is 0.344 e. The van der Waals surface area contributed by atoms with Gasteiger partial charge in [0.15, 0.2) is 0 Å². The van der Waals surface area contributed by atoms with Crippen LogP contribution in [0.2, 0.25) is 0 Å². The van der Waals surface area contributed by atoms with Gasteiger partial charge in [-0.2, -0.15) is 0 Å². The molecule has 4 rings (SSSR count). The van der Waals surface area contributed by atoms with Gasteiger partial charge in [0, 0.05) is 8.95 Å². The summed E-state index contributed by atoms with van der Waals surface area (Å²) < 4.78 is 1.90. The van der Waals surface area contributed by atoms with E-state index in [1.54, 1.807) is 0 Å². The first-order chi connectivity index (χ1) is 11.5. The zero-order valence-electron chi connectivity index (χ0n) is 12.3. The van der Waals surface area contributed by atoms with Crippen LogP contribution in [0.1, 0.15) is 17.2 Å². The topological polar surface area (TPSA) is 58.2 Å². The van der Waals surface area contributed by atoms with Crippen molar-refractivity contribution in [3.8, 4) is 0 Å². The van der Waals surface area contributed by atoms with Crippen molar-refractivity contribution in [1.29, 1.82) is 0 Å². The Morgan fingerprint density at radius 2 is 1.42 bits per heavy atom. The zero-order valence-corrected chi connectivity index (χ0v) is 15.5. The lowest BCUT2D eigenvalue weighted by atomic mass is 9.91. The number of rotatable bonds is 2. The van der Waals surface area contributed by atoms with Gasteiger partial charge in [-0.3, -0.25) is 9.59 Å².